The number of likely N-dealkylation sites (tertiary alicyclic amines) is 1. The van der Waals surface area contributed by atoms with Crippen molar-refractivity contribution in [1.29, 1.82) is 0 Å². The molecule has 0 spiro atoms. The zero-order valence-electron chi connectivity index (χ0n) is 14.7. The third kappa shape index (κ3) is 2.88. The first-order chi connectivity index (χ1) is 12.0. The number of carbonyl (C=O) groups is 2. The van der Waals surface area contributed by atoms with E-state index in [1.165, 1.54) is 0 Å². The van der Waals surface area contributed by atoms with Gasteiger partial charge in [-0.1, -0.05) is 24.3 Å². The molecule has 2 heterocycles. The second-order valence-corrected chi connectivity index (χ2v) is 7.46. The molecule has 1 saturated heterocycles. The monoisotopic (exact) mass is 337 g/mol. The highest BCUT2D eigenvalue weighted by Crippen LogP contribution is 2.40. The van der Waals surface area contributed by atoms with Gasteiger partial charge in [0, 0.05) is 44.7 Å². The normalized spacial score (nSPS) is 25.9. The van der Waals surface area contributed by atoms with Crippen LogP contribution in [0.1, 0.15) is 29.8 Å². The maximum atomic E-state index is 12.9. The summed E-state index contributed by atoms with van der Waals surface area (Å²) in [5, 5.41) is 2.07. The van der Waals surface area contributed by atoms with E-state index in [1.807, 2.05) is 54.2 Å². The van der Waals surface area contributed by atoms with Crippen molar-refractivity contribution in [2.75, 3.05) is 20.6 Å². The molecule has 0 radical (unpaired) electrons. The molecule has 4 rings (SSSR count). The summed E-state index contributed by atoms with van der Waals surface area (Å²) >= 11 is 0. The van der Waals surface area contributed by atoms with Gasteiger partial charge in [-0.05, 0) is 36.1 Å². The molecule has 1 aromatic carbocycles. The van der Waals surface area contributed by atoms with Gasteiger partial charge in [0.25, 0.3) is 5.91 Å². The number of nitrogens with zero attached hydrogens (tertiary/aromatic N) is 3. The molecule has 2 amide bonds. The minimum Gasteiger partial charge on any atom is -0.345 e. The summed E-state index contributed by atoms with van der Waals surface area (Å²) in [6, 6.07) is 9.99. The molecule has 3 atom stereocenters. The van der Waals surface area contributed by atoms with E-state index in [1.54, 1.807) is 6.20 Å². The number of carbonyl (C=O) groups excluding carboxylic acids is 2. The number of fused-ring (bicyclic) bond motifs is 2. The van der Waals surface area contributed by atoms with Crippen LogP contribution in [0.25, 0.3) is 10.8 Å². The molecule has 1 aliphatic heterocycles. The summed E-state index contributed by atoms with van der Waals surface area (Å²) in [5.74, 6) is 1.11. The molecular formula is C20H23N3O2. The second kappa shape index (κ2) is 6.14. The Hall–Kier alpha value is -2.43. The number of benzene rings is 1. The Morgan fingerprint density at radius 2 is 1.92 bits per heavy atom. The quantitative estimate of drug-likeness (QED) is 0.846. The van der Waals surface area contributed by atoms with E-state index in [-0.39, 0.29) is 17.9 Å². The number of aromatic nitrogens is 1. The minimum atomic E-state index is -0.0333. The van der Waals surface area contributed by atoms with E-state index in [2.05, 4.69) is 4.98 Å². The third-order valence-corrected chi connectivity index (χ3v) is 5.91. The minimum absolute atomic E-state index is 0.0333. The van der Waals surface area contributed by atoms with Crippen LogP contribution >= 0.6 is 0 Å². The highest BCUT2D eigenvalue weighted by molar-refractivity contribution is 5.96. The van der Waals surface area contributed by atoms with Crippen LogP contribution in [-0.4, -0.2) is 53.3 Å². The van der Waals surface area contributed by atoms with Crippen LogP contribution in [0.5, 0.6) is 0 Å². The van der Waals surface area contributed by atoms with Crippen molar-refractivity contribution in [3.8, 4) is 0 Å². The number of amides is 2. The average Bonchev–Trinajstić information content (AvgIpc) is 3.03. The van der Waals surface area contributed by atoms with Crippen molar-refractivity contribution in [1.82, 2.24) is 14.8 Å². The summed E-state index contributed by atoms with van der Waals surface area (Å²) < 4.78 is 0. The molecule has 1 aliphatic carbocycles. The molecule has 25 heavy (non-hydrogen) atoms. The predicted molar refractivity (Wildman–Crippen MR) is 96.1 cm³/mol. The molecule has 2 fully saturated rings. The largest absolute Gasteiger partial charge is 0.345 e. The lowest BCUT2D eigenvalue weighted by atomic mass is 9.88. The highest BCUT2D eigenvalue weighted by atomic mass is 16.2. The van der Waals surface area contributed by atoms with Gasteiger partial charge in [-0.3, -0.25) is 14.6 Å². The zero-order chi connectivity index (χ0) is 17.6. The summed E-state index contributed by atoms with van der Waals surface area (Å²) in [6.45, 7) is 0.816. The van der Waals surface area contributed by atoms with Gasteiger partial charge in [0.1, 0.15) is 5.69 Å². The maximum absolute atomic E-state index is 12.9. The molecule has 130 valence electrons. The molecule has 5 heteroatoms. The topological polar surface area (TPSA) is 53.5 Å². The van der Waals surface area contributed by atoms with Crippen LogP contribution in [0.4, 0.5) is 0 Å². The Morgan fingerprint density at radius 3 is 2.72 bits per heavy atom. The van der Waals surface area contributed by atoms with Crippen LogP contribution in [0.3, 0.4) is 0 Å². The fraction of sp³-hybridized carbons (Fsp3) is 0.450. The number of hydrogen-bond acceptors (Lipinski definition) is 3. The van der Waals surface area contributed by atoms with Gasteiger partial charge < -0.3 is 9.80 Å². The lowest BCUT2D eigenvalue weighted by Gasteiger charge is -2.31. The van der Waals surface area contributed by atoms with Crippen molar-refractivity contribution in [2.45, 2.75) is 25.3 Å². The number of rotatable bonds is 2. The SMILES string of the molecule is CN1C[C@H]2C[C@@H](N(C)C(=O)c3cc4ccccc4cn3)C[C@H]2CC1=O. The molecule has 1 saturated carbocycles. The Balaban J connectivity index is 1.51. The lowest BCUT2D eigenvalue weighted by molar-refractivity contribution is -0.134. The van der Waals surface area contributed by atoms with E-state index in [4.69, 9.17) is 0 Å². The number of pyridine rings is 1. The van der Waals surface area contributed by atoms with Crippen molar-refractivity contribution in [3.63, 3.8) is 0 Å². The number of piperidine rings is 1. The van der Waals surface area contributed by atoms with Gasteiger partial charge in [0.15, 0.2) is 0 Å². The van der Waals surface area contributed by atoms with Gasteiger partial charge in [-0.15, -0.1) is 0 Å². The van der Waals surface area contributed by atoms with E-state index in [0.717, 1.165) is 30.2 Å². The highest BCUT2D eigenvalue weighted by Gasteiger charge is 2.42. The first-order valence-electron chi connectivity index (χ1n) is 8.89. The van der Waals surface area contributed by atoms with E-state index < -0.39 is 0 Å². The molecule has 2 aromatic rings. The van der Waals surface area contributed by atoms with Crippen molar-refractivity contribution in [2.24, 2.45) is 11.8 Å². The van der Waals surface area contributed by atoms with Gasteiger partial charge in [0.2, 0.25) is 5.91 Å². The lowest BCUT2D eigenvalue weighted by Crippen LogP contribution is -2.40. The molecule has 0 N–H and O–H groups in total. The summed E-state index contributed by atoms with van der Waals surface area (Å²) in [7, 11) is 3.74. The number of hydrogen-bond donors (Lipinski definition) is 0. The maximum Gasteiger partial charge on any atom is 0.272 e. The second-order valence-electron chi connectivity index (χ2n) is 7.46. The van der Waals surface area contributed by atoms with Crippen LogP contribution in [0.2, 0.25) is 0 Å². The Bertz CT molecular complexity index is 835. The Kier molecular flexibility index (Phi) is 3.94. The molecule has 5 nitrogen and oxygen atoms in total. The van der Waals surface area contributed by atoms with Crippen molar-refractivity contribution >= 4 is 22.6 Å². The standard InChI is InChI=1S/C20H23N3O2/c1-22-12-16-8-17(7-15(16)10-19(22)24)23(2)20(25)18-9-13-5-3-4-6-14(13)11-21-18/h3-6,9,11,15-17H,7-8,10,12H2,1-2H3/t15-,16+,17-/m0/s1. The van der Waals surface area contributed by atoms with E-state index >= 15 is 0 Å². The smallest absolute Gasteiger partial charge is 0.272 e. The first-order valence-corrected chi connectivity index (χ1v) is 8.89. The van der Waals surface area contributed by atoms with Gasteiger partial charge >= 0.3 is 0 Å². The van der Waals surface area contributed by atoms with Crippen LogP contribution in [-0.2, 0) is 4.79 Å². The summed E-state index contributed by atoms with van der Waals surface area (Å²) in [4.78, 5) is 32.8. The molecular weight excluding hydrogens is 314 g/mol. The van der Waals surface area contributed by atoms with Crippen molar-refractivity contribution in [3.05, 3.63) is 42.2 Å². The Morgan fingerprint density at radius 1 is 1.20 bits per heavy atom. The van der Waals surface area contributed by atoms with Crippen LogP contribution in [0, 0.1) is 11.8 Å². The average molecular weight is 337 g/mol. The summed E-state index contributed by atoms with van der Waals surface area (Å²) in [6.07, 6.45) is 4.27. The van der Waals surface area contributed by atoms with E-state index in [9.17, 15) is 9.59 Å². The van der Waals surface area contributed by atoms with Gasteiger partial charge in [-0.25, -0.2) is 0 Å². The van der Waals surface area contributed by atoms with Crippen LogP contribution < -0.4 is 0 Å². The molecule has 0 unspecified atom stereocenters. The molecule has 1 aromatic heterocycles. The van der Waals surface area contributed by atoms with Crippen molar-refractivity contribution < 1.29 is 9.59 Å². The van der Waals surface area contributed by atoms with Gasteiger partial charge in [0.05, 0.1) is 0 Å². The fourth-order valence-electron chi connectivity index (χ4n) is 4.35. The zero-order valence-corrected chi connectivity index (χ0v) is 14.7. The first kappa shape index (κ1) is 16.1. The van der Waals surface area contributed by atoms with E-state index in [0.29, 0.717) is 24.0 Å². The van der Waals surface area contributed by atoms with Gasteiger partial charge in [-0.2, -0.15) is 0 Å². The predicted octanol–water partition coefficient (Wildman–Crippen LogP) is 2.56. The molecule has 2 aliphatic rings. The molecule has 0 bridgehead atoms. The summed E-state index contributed by atoms with van der Waals surface area (Å²) in [5.41, 5.74) is 0.490. The Labute approximate surface area is 147 Å². The van der Waals surface area contributed by atoms with Crippen LogP contribution in [0.15, 0.2) is 36.5 Å². The fourth-order valence-corrected chi connectivity index (χ4v) is 4.35. The third-order valence-electron chi connectivity index (χ3n) is 5.91.